The first kappa shape index (κ1) is 8.79. The Hall–Kier alpha value is -0.303. The molecule has 0 fully saturated rings. The smallest absolute Gasteiger partial charge is 0.0758 e. The lowest BCUT2D eigenvalue weighted by Crippen LogP contribution is -2.22. The van der Waals surface area contributed by atoms with Crippen molar-refractivity contribution in [1.82, 2.24) is 0 Å². The van der Waals surface area contributed by atoms with Crippen LogP contribution in [0.5, 0.6) is 0 Å². The van der Waals surface area contributed by atoms with Crippen molar-refractivity contribution in [3.05, 3.63) is 23.4 Å². The molecule has 0 amide bonds. The predicted octanol–water partition coefficient (Wildman–Crippen LogP) is 3.39. The molecular weight excluding hydrogens is 148 g/mol. The predicted molar refractivity (Wildman–Crippen MR) is 54.4 cm³/mol. The minimum absolute atomic E-state index is 0.315. The van der Waals surface area contributed by atoms with E-state index in [1.807, 2.05) is 0 Å². The Morgan fingerprint density at radius 1 is 1.18 bits per heavy atom. The number of allylic oxidation sites excluding steroid dienone is 4. The summed E-state index contributed by atoms with van der Waals surface area (Å²) < 4.78 is 0. The maximum atomic E-state index is 2.42. The van der Waals surface area contributed by atoms with Crippen LogP contribution in [0, 0.1) is 5.41 Å². The van der Waals surface area contributed by atoms with Crippen molar-refractivity contribution < 1.29 is 0 Å². The van der Waals surface area contributed by atoms with Crippen LogP contribution in [0.15, 0.2) is 23.4 Å². The fraction of sp³-hybridized carbons (Fsp3) is 0.600. The summed E-state index contributed by atoms with van der Waals surface area (Å²) in [6.07, 6.45) is 7.03. The maximum absolute atomic E-state index is 2.42. The summed E-state index contributed by atoms with van der Waals surface area (Å²) >= 11 is 0. The number of hydrogen-bond donors (Lipinski definition) is 0. The molecule has 0 saturated heterocycles. The Bertz CT molecular complexity index is 214. The molecular formula is C10H18Si. The Morgan fingerprint density at radius 2 is 1.73 bits per heavy atom. The molecule has 0 unspecified atom stereocenters. The van der Waals surface area contributed by atoms with Crippen molar-refractivity contribution in [2.24, 2.45) is 5.41 Å². The molecule has 62 valence electrons. The summed E-state index contributed by atoms with van der Waals surface area (Å²) in [5.74, 6) is 0. The molecule has 0 heterocycles. The highest BCUT2D eigenvalue weighted by molar-refractivity contribution is 6.83. The molecule has 0 atom stereocenters. The van der Waals surface area contributed by atoms with E-state index in [9.17, 15) is 0 Å². The molecule has 0 aromatic rings. The Labute approximate surface area is 71.0 Å². The van der Waals surface area contributed by atoms with E-state index in [0.29, 0.717) is 5.41 Å². The standard InChI is InChI=1S/C10H18Si/c1-10(2)7-6-9(8-10)11(3,4)5/h6-8H,1-5H3. The average molecular weight is 166 g/mol. The zero-order chi connectivity index (χ0) is 8.70. The van der Waals surface area contributed by atoms with E-state index in [1.54, 1.807) is 5.20 Å². The minimum atomic E-state index is -1.04. The van der Waals surface area contributed by atoms with Crippen molar-refractivity contribution in [2.45, 2.75) is 33.5 Å². The monoisotopic (exact) mass is 166 g/mol. The van der Waals surface area contributed by atoms with Gasteiger partial charge in [-0.15, -0.1) is 0 Å². The fourth-order valence-corrected chi connectivity index (χ4v) is 2.66. The van der Waals surface area contributed by atoms with Gasteiger partial charge >= 0.3 is 0 Å². The van der Waals surface area contributed by atoms with Crippen molar-refractivity contribution in [3.8, 4) is 0 Å². The van der Waals surface area contributed by atoms with Gasteiger partial charge in [0.15, 0.2) is 0 Å². The Morgan fingerprint density at radius 3 is 1.91 bits per heavy atom. The first-order valence-corrected chi connectivity index (χ1v) is 7.74. The highest BCUT2D eigenvalue weighted by atomic mass is 28.3. The molecule has 1 rings (SSSR count). The average Bonchev–Trinajstić information content (AvgIpc) is 2.07. The van der Waals surface area contributed by atoms with E-state index in [2.05, 4.69) is 51.7 Å². The largest absolute Gasteiger partial charge is 0.0772 e. The summed E-state index contributed by atoms with van der Waals surface area (Å²) in [6.45, 7) is 11.7. The first-order valence-electron chi connectivity index (χ1n) is 4.24. The highest BCUT2D eigenvalue weighted by Gasteiger charge is 2.25. The zero-order valence-corrected chi connectivity index (χ0v) is 9.23. The van der Waals surface area contributed by atoms with E-state index in [-0.39, 0.29) is 0 Å². The van der Waals surface area contributed by atoms with E-state index in [4.69, 9.17) is 0 Å². The van der Waals surface area contributed by atoms with Gasteiger partial charge in [0.05, 0.1) is 8.07 Å². The summed E-state index contributed by atoms with van der Waals surface area (Å²) in [4.78, 5) is 0. The van der Waals surface area contributed by atoms with Crippen LogP contribution < -0.4 is 0 Å². The molecule has 0 aromatic carbocycles. The van der Waals surface area contributed by atoms with Gasteiger partial charge in [-0.05, 0) is 0 Å². The van der Waals surface area contributed by atoms with E-state index in [0.717, 1.165) is 0 Å². The molecule has 0 N–H and O–H groups in total. The second-order valence-corrected chi connectivity index (χ2v) is 10.1. The number of rotatable bonds is 1. The van der Waals surface area contributed by atoms with Crippen LogP contribution >= 0.6 is 0 Å². The summed E-state index contributed by atoms with van der Waals surface area (Å²) in [7, 11) is -1.04. The SMILES string of the molecule is CC1(C)C=CC([Si](C)(C)C)=C1. The van der Waals surface area contributed by atoms with Gasteiger partial charge in [0.1, 0.15) is 0 Å². The molecule has 1 aliphatic carbocycles. The van der Waals surface area contributed by atoms with Crippen molar-refractivity contribution >= 4 is 8.07 Å². The topological polar surface area (TPSA) is 0 Å². The number of hydrogen-bond acceptors (Lipinski definition) is 0. The lowest BCUT2D eigenvalue weighted by atomic mass is 9.97. The van der Waals surface area contributed by atoms with Crippen molar-refractivity contribution in [3.63, 3.8) is 0 Å². The molecule has 11 heavy (non-hydrogen) atoms. The third-order valence-electron chi connectivity index (χ3n) is 2.09. The van der Waals surface area contributed by atoms with Crippen LogP contribution in [-0.4, -0.2) is 8.07 Å². The third kappa shape index (κ3) is 2.06. The van der Waals surface area contributed by atoms with Crippen molar-refractivity contribution in [2.75, 3.05) is 0 Å². The highest BCUT2D eigenvalue weighted by Crippen LogP contribution is 2.32. The first-order chi connectivity index (χ1) is 4.81. The van der Waals surface area contributed by atoms with Crippen LogP contribution in [-0.2, 0) is 0 Å². The van der Waals surface area contributed by atoms with Crippen LogP contribution in [0.4, 0.5) is 0 Å². The van der Waals surface area contributed by atoms with Gasteiger partial charge in [0.2, 0.25) is 0 Å². The van der Waals surface area contributed by atoms with E-state index < -0.39 is 8.07 Å². The normalized spacial score (nSPS) is 22.1. The molecule has 0 nitrogen and oxygen atoms in total. The summed E-state index contributed by atoms with van der Waals surface area (Å²) in [5.41, 5.74) is 0.315. The molecule has 0 spiro atoms. The second-order valence-electron chi connectivity index (χ2n) is 5.00. The van der Waals surface area contributed by atoms with Gasteiger partial charge in [0, 0.05) is 5.41 Å². The van der Waals surface area contributed by atoms with E-state index >= 15 is 0 Å². The van der Waals surface area contributed by atoms with Gasteiger partial charge in [-0.2, -0.15) is 0 Å². The molecule has 0 bridgehead atoms. The zero-order valence-electron chi connectivity index (χ0n) is 8.23. The lowest BCUT2D eigenvalue weighted by Gasteiger charge is -2.17. The van der Waals surface area contributed by atoms with Crippen LogP contribution in [0.3, 0.4) is 0 Å². The second kappa shape index (κ2) is 2.34. The Kier molecular flexibility index (Phi) is 1.87. The minimum Gasteiger partial charge on any atom is -0.0758 e. The van der Waals surface area contributed by atoms with Crippen LogP contribution in [0.2, 0.25) is 19.6 Å². The van der Waals surface area contributed by atoms with Crippen LogP contribution in [0.25, 0.3) is 0 Å². The third-order valence-corrected chi connectivity index (χ3v) is 4.13. The quantitative estimate of drug-likeness (QED) is 0.524. The molecule has 0 saturated carbocycles. The molecule has 0 aliphatic heterocycles. The lowest BCUT2D eigenvalue weighted by molar-refractivity contribution is 0.635. The molecule has 0 aromatic heterocycles. The van der Waals surface area contributed by atoms with Gasteiger partial charge in [-0.1, -0.05) is 56.9 Å². The Balaban J connectivity index is 2.89. The van der Waals surface area contributed by atoms with E-state index in [1.165, 1.54) is 0 Å². The fourth-order valence-electron chi connectivity index (χ4n) is 1.27. The van der Waals surface area contributed by atoms with Gasteiger partial charge in [-0.3, -0.25) is 0 Å². The van der Waals surface area contributed by atoms with Crippen LogP contribution in [0.1, 0.15) is 13.8 Å². The van der Waals surface area contributed by atoms with Gasteiger partial charge in [-0.25, -0.2) is 0 Å². The summed E-state index contributed by atoms with van der Waals surface area (Å²) in [6, 6.07) is 0. The molecule has 1 aliphatic rings. The van der Waals surface area contributed by atoms with Gasteiger partial charge in [0.25, 0.3) is 0 Å². The summed E-state index contributed by atoms with van der Waals surface area (Å²) in [5, 5.41) is 1.60. The van der Waals surface area contributed by atoms with Crippen molar-refractivity contribution in [1.29, 1.82) is 0 Å². The molecule has 1 heteroatoms. The molecule has 0 radical (unpaired) electrons. The maximum Gasteiger partial charge on any atom is 0.0772 e. The van der Waals surface area contributed by atoms with Gasteiger partial charge < -0.3 is 0 Å².